The highest BCUT2D eigenvalue weighted by Gasteiger charge is 2.09. The van der Waals surface area contributed by atoms with Crippen molar-refractivity contribution in [2.24, 2.45) is 5.92 Å². The summed E-state index contributed by atoms with van der Waals surface area (Å²) in [6.45, 7) is 3.61. The molecule has 1 aromatic carbocycles. The first-order chi connectivity index (χ1) is 7.54. The van der Waals surface area contributed by atoms with Gasteiger partial charge >= 0.3 is 0 Å². The number of hydrogen-bond donors (Lipinski definition) is 0. The summed E-state index contributed by atoms with van der Waals surface area (Å²) in [4.78, 5) is 21.8. The molecule has 0 aliphatic carbocycles. The van der Waals surface area contributed by atoms with Crippen molar-refractivity contribution in [3.63, 3.8) is 0 Å². The molecule has 0 atom stereocenters. The zero-order chi connectivity index (χ0) is 12.1. The summed E-state index contributed by atoms with van der Waals surface area (Å²) < 4.78 is 5.26. The van der Waals surface area contributed by atoms with Crippen molar-refractivity contribution in [1.82, 2.24) is 0 Å². The minimum atomic E-state index is -0.0620. The maximum Gasteiger partial charge on any atom is 0.172 e. The Morgan fingerprint density at radius 3 is 2.69 bits per heavy atom. The predicted molar refractivity (Wildman–Crippen MR) is 62.2 cm³/mol. The molecule has 86 valence electrons. The van der Waals surface area contributed by atoms with E-state index in [-0.39, 0.29) is 18.3 Å². The van der Waals surface area contributed by atoms with Crippen molar-refractivity contribution in [2.45, 2.75) is 13.8 Å². The molecule has 0 spiro atoms. The summed E-state index contributed by atoms with van der Waals surface area (Å²) in [5.74, 6) is 0.366. The first-order valence-corrected chi connectivity index (χ1v) is 5.32. The van der Waals surface area contributed by atoms with Crippen LogP contribution in [0.15, 0.2) is 18.2 Å². The SMILES string of the molecule is CC(C)C(=O)COc1ccc(C=O)cc1Cl. The molecule has 1 aromatic rings. The lowest BCUT2D eigenvalue weighted by Crippen LogP contribution is -2.16. The minimum Gasteiger partial charge on any atom is -0.484 e. The summed E-state index contributed by atoms with van der Waals surface area (Å²) in [6, 6.07) is 4.68. The van der Waals surface area contributed by atoms with Crippen LogP contribution in [0.4, 0.5) is 0 Å². The van der Waals surface area contributed by atoms with E-state index in [4.69, 9.17) is 16.3 Å². The van der Waals surface area contributed by atoms with E-state index in [1.807, 2.05) is 13.8 Å². The van der Waals surface area contributed by atoms with E-state index >= 15 is 0 Å². The summed E-state index contributed by atoms with van der Waals surface area (Å²) in [6.07, 6.45) is 0.703. The van der Waals surface area contributed by atoms with Crippen LogP contribution in [0.5, 0.6) is 5.75 Å². The second kappa shape index (κ2) is 5.66. The average molecular weight is 241 g/mol. The third-order valence-electron chi connectivity index (χ3n) is 2.11. The van der Waals surface area contributed by atoms with Gasteiger partial charge in [-0.25, -0.2) is 0 Å². The number of hydrogen-bond acceptors (Lipinski definition) is 3. The van der Waals surface area contributed by atoms with Gasteiger partial charge in [0.15, 0.2) is 5.78 Å². The second-order valence-electron chi connectivity index (χ2n) is 3.72. The Balaban J connectivity index is 2.68. The van der Waals surface area contributed by atoms with Gasteiger partial charge < -0.3 is 4.74 Å². The first-order valence-electron chi connectivity index (χ1n) is 4.95. The van der Waals surface area contributed by atoms with Crippen molar-refractivity contribution < 1.29 is 14.3 Å². The highest BCUT2D eigenvalue weighted by Crippen LogP contribution is 2.24. The second-order valence-corrected chi connectivity index (χ2v) is 4.12. The lowest BCUT2D eigenvalue weighted by molar-refractivity contribution is -0.123. The Bertz CT molecular complexity index is 399. The summed E-state index contributed by atoms with van der Waals surface area (Å²) in [5, 5.41) is 0.334. The summed E-state index contributed by atoms with van der Waals surface area (Å²) in [7, 11) is 0. The molecule has 0 aliphatic heterocycles. The van der Waals surface area contributed by atoms with Crippen LogP contribution in [-0.2, 0) is 4.79 Å². The largest absolute Gasteiger partial charge is 0.484 e. The Morgan fingerprint density at radius 2 is 2.19 bits per heavy atom. The van der Waals surface area contributed by atoms with Crippen LogP contribution in [0, 0.1) is 5.92 Å². The maximum atomic E-state index is 11.3. The lowest BCUT2D eigenvalue weighted by atomic mass is 10.1. The van der Waals surface area contributed by atoms with Crippen molar-refractivity contribution in [3.8, 4) is 5.75 Å². The fraction of sp³-hybridized carbons (Fsp3) is 0.333. The number of carbonyl (C=O) groups is 2. The summed E-state index contributed by atoms with van der Waals surface area (Å²) >= 11 is 5.88. The van der Waals surface area contributed by atoms with Crippen LogP contribution in [0.2, 0.25) is 5.02 Å². The molecule has 0 aromatic heterocycles. The third kappa shape index (κ3) is 3.35. The van der Waals surface area contributed by atoms with Crippen LogP contribution < -0.4 is 4.74 Å². The molecule has 16 heavy (non-hydrogen) atoms. The number of ether oxygens (including phenoxy) is 1. The highest BCUT2D eigenvalue weighted by atomic mass is 35.5. The molecule has 4 heteroatoms. The number of Topliss-reactive ketones (excluding diaryl/α,β-unsaturated/α-hetero) is 1. The van der Waals surface area contributed by atoms with E-state index in [0.29, 0.717) is 22.6 Å². The van der Waals surface area contributed by atoms with Gasteiger partial charge in [0, 0.05) is 11.5 Å². The quantitative estimate of drug-likeness (QED) is 0.744. The van der Waals surface area contributed by atoms with Gasteiger partial charge in [-0.3, -0.25) is 9.59 Å². The fourth-order valence-electron chi connectivity index (χ4n) is 1.02. The van der Waals surface area contributed by atoms with Gasteiger partial charge in [0.05, 0.1) is 5.02 Å². The molecule has 0 N–H and O–H groups in total. The van der Waals surface area contributed by atoms with E-state index < -0.39 is 0 Å². The smallest absolute Gasteiger partial charge is 0.172 e. The Labute approximate surface area is 99.4 Å². The van der Waals surface area contributed by atoms with Crippen LogP contribution in [-0.4, -0.2) is 18.7 Å². The van der Waals surface area contributed by atoms with Crippen molar-refractivity contribution in [2.75, 3.05) is 6.61 Å². The monoisotopic (exact) mass is 240 g/mol. The molecule has 0 saturated carbocycles. The number of rotatable bonds is 5. The maximum absolute atomic E-state index is 11.3. The molecule has 1 rings (SSSR count). The van der Waals surface area contributed by atoms with Gasteiger partial charge in [-0.1, -0.05) is 25.4 Å². The van der Waals surface area contributed by atoms with Gasteiger partial charge in [-0.15, -0.1) is 0 Å². The van der Waals surface area contributed by atoms with Crippen LogP contribution in [0.25, 0.3) is 0 Å². The van der Waals surface area contributed by atoms with E-state index in [1.54, 1.807) is 12.1 Å². The fourth-order valence-corrected chi connectivity index (χ4v) is 1.27. The molecule has 3 nitrogen and oxygen atoms in total. The standard InChI is InChI=1S/C12H13ClO3/c1-8(2)11(15)7-16-12-4-3-9(6-14)5-10(12)13/h3-6,8H,7H2,1-2H3. The van der Waals surface area contributed by atoms with E-state index in [1.165, 1.54) is 6.07 Å². The Hall–Kier alpha value is -1.35. The minimum absolute atomic E-state index is 0.00216. The molecule has 0 amide bonds. The van der Waals surface area contributed by atoms with E-state index in [0.717, 1.165) is 0 Å². The number of carbonyl (C=O) groups excluding carboxylic acids is 2. The third-order valence-corrected chi connectivity index (χ3v) is 2.40. The highest BCUT2D eigenvalue weighted by molar-refractivity contribution is 6.32. The lowest BCUT2D eigenvalue weighted by Gasteiger charge is -2.08. The zero-order valence-electron chi connectivity index (χ0n) is 9.20. The Kier molecular flexibility index (Phi) is 4.50. The molecule has 0 unspecified atom stereocenters. The molecular weight excluding hydrogens is 228 g/mol. The predicted octanol–water partition coefficient (Wildman–Crippen LogP) is 2.76. The van der Waals surface area contributed by atoms with Crippen LogP contribution >= 0.6 is 11.6 Å². The first kappa shape index (κ1) is 12.7. The van der Waals surface area contributed by atoms with E-state index in [2.05, 4.69) is 0 Å². The molecule has 0 radical (unpaired) electrons. The van der Waals surface area contributed by atoms with Crippen LogP contribution in [0.1, 0.15) is 24.2 Å². The topological polar surface area (TPSA) is 43.4 Å². The van der Waals surface area contributed by atoms with Gasteiger partial charge in [0.25, 0.3) is 0 Å². The molecule has 0 aliphatic rings. The number of aldehydes is 1. The zero-order valence-corrected chi connectivity index (χ0v) is 9.95. The number of benzene rings is 1. The number of halogens is 1. The normalized spacial score (nSPS) is 10.2. The molecule has 0 saturated heterocycles. The van der Waals surface area contributed by atoms with Gasteiger partial charge in [-0.05, 0) is 18.2 Å². The van der Waals surface area contributed by atoms with Gasteiger partial charge in [0.2, 0.25) is 0 Å². The van der Waals surface area contributed by atoms with Gasteiger partial charge in [-0.2, -0.15) is 0 Å². The van der Waals surface area contributed by atoms with Gasteiger partial charge in [0.1, 0.15) is 18.6 Å². The van der Waals surface area contributed by atoms with Crippen molar-refractivity contribution >= 4 is 23.7 Å². The summed E-state index contributed by atoms with van der Waals surface area (Å²) in [5.41, 5.74) is 0.479. The molecular formula is C12H13ClO3. The van der Waals surface area contributed by atoms with Crippen molar-refractivity contribution in [3.05, 3.63) is 28.8 Å². The molecule has 0 bridgehead atoms. The number of ketones is 1. The van der Waals surface area contributed by atoms with Crippen molar-refractivity contribution in [1.29, 1.82) is 0 Å². The molecule has 0 heterocycles. The average Bonchev–Trinajstić information content (AvgIpc) is 2.26. The van der Waals surface area contributed by atoms with E-state index in [9.17, 15) is 9.59 Å². The molecule has 0 fully saturated rings. The Morgan fingerprint density at radius 1 is 1.50 bits per heavy atom. The van der Waals surface area contributed by atoms with Crippen LogP contribution in [0.3, 0.4) is 0 Å².